The quantitative estimate of drug-likeness (QED) is 0.589. The molecular weight excluding hydrogens is 148 g/mol. The molecule has 12 heavy (non-hydrogen) atoms. The fraction of sp³-hybridized carbons (Fsp3) is 1.00. The second-order valence-electron chi connectivity index (χ2n) is 5.67. The van der Waals surface area contributed by atoms with Gasteiger partial charge in [-0.1, -0.05) is 20.8 Å². The summed E-state index contributed by atoms with van der Waals surface area (Å²) in [5.74, 6) is 1.91. The van der Waals surface area contributed by atoms with Crippen LogP contribution in [0.15, 0.2) is 0 Å². The largest absolute Gasteiger partial charge is 0.390 e. The standard InChI is InChI=1S/C11H20O/c1-7-5-8-6-9(10(8,2)3)11(7,4)12/h7-9,12H,5-6H2,1-4H3/t7-,8+,9-,11+/m0/s1. The lowest BCUT2D eigenvalue weighted by Crippen LogP contribution is -2.63. The molecule has 3 fully saturated rings. The first-order chi connectivity index (χ1) is 5.37. The molecule has 0 aromatic rings. The minimum absolute atomic E-state index is 0.399. The van der Waals surface area contributed by atoms with Crippen molar-refractivity contribution in [3.63, 3.8) is 0 Å². The SMILES string of the molecule is C[C@H]1C[C@@H]2C[C@@H](C2(C)C)[C@]1(C)O. The zero-order valence-corrected chi connectivity index (χ0v) is 8.59. The minimum atomic E-state index is -0.405. The van der Waals surface area contributed by atoms with Gasteiger partial charge in [-0.15, -0.1) is 0 Å². The molecule has 70 valence electrons. The molecule has 3 rings (SSSR count). The van der Waals surface area contributed by atoms with E-state index in [9.17, 15) is 5.11 Å². The summed E-state index contributed by atoms with van der Waals surface area (Å²) in [6.07, 6.45) is 2.47. The van der Waals surface area contributed by atoms with E-state index in [0.717, 1.165) is 5.92 Å². The van der Waals surface area contributed by atoms with Crippen LogP contribution in [0.4, 0.5) is 0 Å². The molecule has 0 radical (unpaired) electrons. The molecule has 4 atom stereocenters. The smallest absolute Gasteiger partial charge is 0.0678 e. The van der Waals surface area contributed by atoms with Crippen LogP contribution < -0.4 is 0 Å². The first-order valence-electron chi connectivity index (χ1n) is 5.09. The zero-order chi connectivity index (χ0) is 9.15. The van der Waals surface area contributed by atoms with Crippen molar-refractivity contribution in [1.82, 2.24) is 0 Å². The Morgan fingerprint density at radius 2 is 1.75 bits per heavy atom. The van der Waals surface area contributed by atoms with Crippen LogP contribution in [0.2, 0.25) is 0 Å². The van der Waals surface area contributed by atoms with Gasteiger partial charge in [0.25, 0.3) is 0 Å². The predicted molar refractivity (Wildman–Crippen MR) is 49.8 cm³/mol. The molecule has 0 aromatic heterocycles. The summed E-state index contributed by atoms with van der Waals surface area (Å²) in [6.45, 7) is 8.84. The molecule has 0 heterocycles. The Bertz CT molecular complexity index is 205. The van der Waals surface area contributed by atoms with Gasteiger partial charge in [0, 0.05) is 0 Å². The molecule has 0 aromatic carbocycles. The first kappa shape index (κ1) is 8.55. The summed E-state index contributed by atoms with van der Waals surface area (Å²) < 4.78 is 0. The second-order valence-corrected chi connectivity index (χ2v) is 5.67. The lowest BCUT2D eigenvalue weighted by atomic mass is 9.42. The zero-order valence-electron chi connectivity index (χ0n) is 8.59. The van der Waals surface area contributed by atoms with Gasteiger partial charge in [0.15, 0.2) is 0 Å². The lowest BCUT2D eigenvalue weighted by molar-refractivity contribution is -0.220. The lowest BCUT2D eigenvalue weighted by Gasteiger charge is -2.65. The summed E-state index contributed by atoms with van der Waals surface area (Å²) in [4.78, 5) is 0. The molecule has 3 aliphatic rings. The van der Waals surface area contributed by atoms with Crippen molar-refractivity contribution < 1.29 is 5.11 Å². The monoisotopic (exact) mass is 168 g/mol. The summed E-state index contributed by atoms with van der Waals surface area (Å²) in [5.41, 5.74) is -0.00569. The topological polar surface area (TPSA) is 20.2 Å². The third kappa shape index (κ3) is 0.783. The molecular formula is C11H20O. The Morgan fingerprint density at radius 1 is 1.17 bits per heavy atom. The molecule has 0 spiro atoms. The van der Waals surface area contributed by atoms with Crippen LogP contribution >= 0.6 is 0 Å². The van der Waals surface area contributed by atoms with Crippen LogP contribution in [0, 0.1) is 23.2 Å². The molecule has 2 bridgehead atoms. The third-order valence-electron chi connectivity index (χ3n) is 4.81. The van der Waals surface area contributed by atoms with Gasteiger partial charge >= 0.3 is 0 Å². The highest BCUT2D eigenvalue weighted by Crippen LogP contribution is 2.64. The van der Waals surface area contributed by atoms with Crippen molar-refractivity contribution in [3.8, 4) is 0 Å². The highest BCUT2D eigenvalue weighted by Gasteiger charge is 2.61. The Hall–Kier alpha value is -0.0400. The van der Waals surface area contributed by atoms with Crippen molar-refractivity contribution in [2.24, 2.45) is 23.2 Å². The minimum Gasteiger partial charge on any atom is -0.390 e. The Kier molecular flexibility index (Phi) is 1.47. The number of fused-ring (bicyclic) bond motifs is 2. The molecule has 3 saturated carbocycles. The average Bonchev–Trinajstić information content (AvgIpc) is 1.93. The van der Waals surface area contributed by atoms with E-state index in [1.165, 1.54) is 12.8 Å². The van der Waals surface area contributed by atoms with Crippen LogP contribution in [-0.2, 0) is 0 Å². The van der Waals surface area contributed by atoms with Crippen LogP contribution in [0.25, 0.3) is 0 Å². The second kappa shape index (κ2) is 2.06. The molecule has 1 nitrogen and oxygen atoms in total. The number of rotatable bonds is 0. The first-order valence-corrected chi connectivity index (χ1v) is 5.09. The maximum absolute atomic E-state index is 10.3. The van der Waals surface area contributed by atoms with Gasteiger partial charge in [0.1, 0.15) is 0 Å². The highest BCUT2D eigenvalue weighted by atomic mass is 16.3. The van der Waals surface area contributed by atoms with Gasteiger partial charge in [-0.05, 0) is 42.9 Å². The van der Waals surface area contributed by atoms with Gasteiger partial charge in [-0.3, -0.25) is 0 Å². The summed E-state index contributed by atoms with van der Waals surface area (Å²) >= 11 is 0. The van der Waals surface area contributed by atoms with Gasteiger partial charge in [0.05, 0.1) is 5.60 Å². The van der Waals surface area contributed by atoms with Crippen LogP contribution in [0.3, 0.4) is 0 Å². The van der Waals surface area contributed by atoms with E-state index >= 15 is 0 Å². The summed E-state index contributed by atoms with van der Waals surface area (Å²) in [6, 6.07) is 0. The molecule has 0 unspecified atom stereocenters. The maximum atomic E-state index is 10.3. The number of aliphatic hydroxyl groups is 1. The molecule has 0 saturated heterocycles. The van der Waals surface area contributed by atoms with Crippen LogP contribution in [0.5, 0.6) is 0 Å². The third-order valence-corrected chi connectivity index (χ3v) is 4.81. The molecule has 0 aliphatic heterocycles. The fourth-order valence-corrected chi connectivity index (χ4v) is 3.42. The van der Waals surface area contributed by atoms with Gasteiger partial charge < -0.3 is 5.11 Å². The predicted octanol–water partition coefficient (Wildman–Crippen LogP) is 2.44. The summed E-state index contributed by atoms with van der Waals surface area (Å²) in [7, 11) is 0. The van der Waals surface area contributed by atoms with Crippen molar-refractivity contribution in [3.05, 3.63) is 0 Å². The van der Waals surface area contributed by atoms with Gasteiger partial charge in [0.2, 0.25) is 0 Å². The van der Waals surface area contributed by atoms with Crippen molar-refractivity contribution >= 4 is 0 Å². The van der Waals surface area contributed by atoms with E-state index in [1.807, 2.05) is 6.92 Å². The highest BCUT2D eigenvalue weighted by molar-refractivity contribution is 5.10. The molecule has 1 N–H and O–H groups in total. The average molecular weight is 168 g/mol. The molecule has 0 amide bonds. The van der Waals surface area contributed by atoms with Crippen molar-refractivity contribution in [2.75, 3.05) is 0 Å². The number of hydrogen-bond acceptors (Lipinski definition) is 1. The van der Waals surface area contributed by atoms with Crippen molar-refractivity contribution in [1.29, 1.82) is 0 Å². The van der Waals surface area contributed by atoms with E-state index in [0.29, 0.717) is 17.3 Å². The van der Waals surface area contributed by atoms with E-state index in [2.05, 4.69) is 20.8 Å². The van der Waals surface area contributed by atoms with Crippen LogP contribution in [0.1, 0.15) is 40.5 Å². The van der Waals surface area contributed by atoms with E-state index in [4.69, 9.17) is 0 Å². The number of hydrogen-bond donors (Lipinski definition) is 1. The van der Waals surface area contributed by atoms with Gasteiger partial charge in [-0.25, -0.2) is 0 Å². The van der Waals surface area contributed by atoms with E-state index in [-0.39, 0.29) is 0 Å². The van der Waals surface area contributed by atoms with E-state index in [1.54, 1.807) is 0 Å². The normalized spacial score (nSPS) is 56.2. The fourth-order valence-electron chi connectivity index (χ4n) is 3.42. The van der Waals surface area contributed by atoms with Crippen molar-refractivity contribution in [2.45, 2.75) is 46.1 Å². The summed E-state index contributed by atoms with van der Waals surface area (Å²) in [5, 5.41) is 10.3. The van der Waals surface area contributed by atoms with Gasteiger partial charge in [-0.2, -0.15) is 0 Å². The Labute approximate surface area is 75.2 Å². The Morgan fingerprint density at radius 3 is 2.08 bits per heavy atom. The maximum Gasteiger partial charge on any atom is 0.0678 e. The van der Waals surface area contributed by atoms with Crippen LogP contribution in [-0.4, -0.2) is 10.7 Å². The molecule has 1 heteroatoms. The molecule has 3 aliphatic carbocycles. The van der Waals surface area contributed by atoms with E-state index < -0.39 is 5.60 Å². The Balaban J connectivity index is 2.27.